The molecule has 2 N–H and O–H groups in total. The van der Waals surface area contributed by atoms with Gasteiger partial charge in [-0.3, -0.25) is 4.79 Å². The highest BCUT2D eigenvalue weighted by Crippen LogP contribution is 2.43. The van der Waals surface area contributed by atoms with E-state index in [4.69, 9.17) is 24.3 Å². The number of anilines is 1. The van der Waals surface area contributed by atoms with Crippen LogP contribution in [0.1, 0.15) is 12.8 Å². The summed E-state index contributed by atoms with van der Waals surface area (Å²) in [5, 5.41) is 13.0. The lowest BCUT2D eigenvalue weighted by Crippen LogP contribution is -2.22. The van der Waals surface area contributed by atoms with E-state index in [-0.39, 0.29) is 24.3 Å². The summed E-state index contributed by atoms with van der Waals surface area (Å²) in [6.45, 7) is 8.13. The van der Waals surface area contributed by atoms with Crippen molar-refractivity contribution in [3.8, 4) is 22.6 Å². The number of pyridine rings is 1. The van der Waals surface area contributed by atoms with Crippen molar-refractivity contribution in [3.63, 3.8) is 0 Å². The second-order valence-corrected chi connectivity index (χ2v) is 16.2. The number of rotatable bonds is 12. The van der Waals surface area contributed by atoms with Gasteiger partial charge in [-0.25, -0.2) is 4.98 Å². The molecule has 0 saturated heterocycles. The van der Waals surface area contributed by atoms with E-state index in [0.717, 1.165) is 29.0 Å². The van der Waals surface area contributed by atoms with Gasteiger partial charge in [0.05, 0.1) is 19.8 Å². The van der Waals surface area contributed by atoms with E-state index in [0.29, 0.717) is 42.7 Å². The van der Waals surface area contributed by atoms with Gasteiger partial charge >= 0.3 is 0 Å². The monoisotopic (exact) mass is 511 g/mol. The topological polar surface area (TPSA) is 94.8 Å². The van der Waals surface area contributed by atoms with Crippen LogP contribution in [0.25, 0.3) is 22.2 Å². The van der Waals surface area contributed by atoms with Crippen LogP contribution in [0.4, 0.5) is 5.82 Å². The summed E-state index contributed by atoms with van der Waals surface area (Å²) < 4.78 is 19.4. The van der Waals surface area contributed by atoms with Crippen LogP contribution in [-0.4, -0.2) is 56.1 Å². The molecule has 0 aliphatic heterocycles. The molecule has 1 fully saturated rings. The first-order valence-corrected chi connectivity index (χ1v) is 16.2. The van der Waals surface area contributed by atoms with Crippen LogP contribution in [0.5, 0.6) is 11.5 Å². The minimum absolute atomic E-state index is 0.0450. The number of nitrogens with zero attached hydrogens (tertiary/aromatic N) is 2. The molecular formula is C27H37N3O5Si. The zero-order valence-electron chi connectivity index (χ0n) is 21.8. The molecule has 9 heteroatoms. The van der Waals surface area contributed by atoms with Gasteiger partial charge in [0.1, 0.15) is 29.7 Å². The molecule has 2 aromatic heterocycles. The van der Waals surface area contributed by atoms with Crippen molar-refractivity contribution in [2.24, 2.45) is 11.8 Å². The van der Waals surface area contributed by atoms with Crippen molar-refractivity contribution < 1.29 is 24.1 Å². The molecular weight excluding hydrogens is 474 g/mol. The average molecular weight is 512 g/mol. The summed E-state index contributed by atoms with van der Waals surface area (Å²) >= 11 is 0. The number of nitrogens with one attached hydrogen (secondary N) is 1. The normalized spacial score (nSPS) is 17.3. The highest BCUT2D eigenvalue weighted by atomic mass is 28.3. The van der Waals surface area contributed by atoms with E-state index in [1.807, 2.05) is 41.1 Å². The van der Waals surface area contributed by atoms with Crippen LogP contribution < -0.4 is 14.8 Å². The number of hydrogen-bond acceptors (Lipinski definition) is 6. The number of aromatic nitrogens is 2. The SMILES string of the molecule is COc1cccc(OC)c1-c1cn(COCC[Si](C)(C)C)c2nc(NC(=O)C3CC3CCO)ccc12. The molecule has 2 atom stereocenters. The molecule has 8 nitrogen and oxygen atoms in total. The Balaban J connectivity index is 1.68. The Morgan fingerprint density at radius 1 is 1.17 bits per heavy atom. The lowest BCUT2D eigenvalue weighted by Gasteiger charge is -2.15. The molecule has 1 aromatic carbocycles. The molecule has 1 aliphatic carbocycles. The van der Waals surface area contributed by atoms with Crippen molar-refractivity contribution in [1.29, 1.82) is 0 Å². The molecule has 0 radical (unpaired) electrons. The predicted molar refractivity (Wildman–Crippen MR) is 144 cm³/mol. The van der Waals surface area contributed by atoms with Gasteiger partial charge in [0.25, 0.3) is 0 Å². The van der Waals surface area contributed by atoms with Gasteiger partial charge < -0.3 is 29.2 Å². The second-order valence-electron chi connectivity index (χ2n) is 10.6. The number of methoxy groups -OCH3 is 2. The van der Waals surface area contributed by atoms with E-state index in [2.05, 4.69) is 25.0 Å². The Kier molecular flexibility index (Phi) is 8.02. The summed E-state index contributed by atoms with van der Waals surface area (Å²) in [7, 11) is 2.08. The zero-order chi connectivity index (χ0) is 25.9. The summed E-state index contributed by atoms with van der Waals surface area (Å²) in [4.78, 5) is 17.5. The smallest absolute Gasteiger partial charge is 0.228 e. The third-order valence-electron chi connectivity index (χ3n) is 6.66. The minimum Gasteiger partial charge on any atom is -0.496 e. The number of aliphatic hydroxyl groups is 1. The summed E-state index contributed by atoms with van der Waals surface area (Å²) in [6, 6.07) is 10.6. The van der Waals surface area contributed by atoms with Crippen molar-refractivity contribution >= 4 is 30.8 Å². The van der Waals surface area contributed by atoms with Gasteiger partial charge in [-0.05, 0) is 49.1 Å². The van der Waals surface area contributed by atoms with E-state index >= 15 is 0 Å². The fourth-order valence-corrected chi connectivity index (χ4v) is 5.22. The largest absolute Gasteiger partial charge is 0.496 e. The maximum Gasteiger partial charge on any atom is 0.228 e. The lowest BCUT2D eigenvalue weighted by molar-refractivity contribution is -0.117. The number of fused-ring (bicyclic) bond motifs is 1. The Hall–Kier alpha value is -2.88. The maximum absolute atomic E-state index is 12.7. The van der Waals surface area contributed by atoms with Crippen LogP contribution in [0, 0.1) is 11.8 Å². The molecule has 3 aromatic rings. The van der Waals surface area contributed by atoms with Gasteiger partial charge in [0.2, 0.25) is 5.91 Å². The molecule has 0 spiro atoms. The quantitative estimate of drug-likeness (QED) is 0.263. The molecule has 1 amide bonds. The van der Waals surface area contributed by atoms with Crippen LogP contribution in [0.3, 0.4) is 0 Å². The molecule has 2 heterocycles. The van der Waals surface area contributed by atoms with Gasteiger partial charge in [0, 0.05) is 44.4 Å². The van der Waals surface area contributed by atoms with Gasteiger partial charge in [0.15, 0.2) is 0 Å². The summed E-state index contributed by atoms with van der Waals surface area (Å²) in [5.41, 5.74) is 2.48. The van der Waals surface area contributed by atoms with E-state index in [9.17, 15) is 4.79 Å². The Morgan fingerprint density at radius 3 is 2.53 bits per heavy atom. The van der Waals surface area contributed by atoms with E-state index in [1.54, 1.807) is 14.2 Å². The third kappa shape index (κ3) is 5.91. The number of carbonyl (C=O) groups is 1. The van der Waals surface area contributed by atoms with Crippen molar-refractivity contribution in [3.05, 3.63) is 36.5 Å². The number of hydrogen-bond donors (Lipinski definition) is 2. The highest BCUT2D eigenvalue weighted by molar-refractivity contribution is 6.76. The Labute approximate surface area is 213 Å². The molecule has 194 valence electrons. The van der Waals surface area contributed by atoms with Gasteiger partial charge in [-0.15, -0.1) is 0 Å². The Morgan fingerprint density at radius 2 is 1.89 bits per heavy atom. The highest BCUT2D eigenvalue weighted by Gasteiger charge is 2.42. The zero-order valence-corrected chi connectivity index (χ0v) is 22.8. The standard InChI is InChI=1S/C27H37N3O5Si/c1-33-22-7-6-8-23(34-2)25(22)21-16-30(17-35-13-14-36(3,4)5)26-19(21)9-10-24(28-26)29-27(32)20-15-18(20)11-12-31/h6-10,16,18,20,31H,11-15,17H2,1-5H3,(H,28,29,32). The first-order valence-electron chi connectivity index (χ1n) is 12.5. The number of aliphatic hydroxyl groups excluding tert-OH is 1. The minimum atomic E-state index is -1.21. The summed E-state index contributed by atoms with van der Waals surface area (Å²) in [5.74, 6) is 2.06. The number of benzene rings is 1. The number of carbonyl (C=O) groups excluding carboxylic acids is 1. The molecule has 0 bridgehead atoms. The van der Waals surface area contributed by atoms with Gasteiger partial charge in [-0.2, -0.15) is 0 Å². The predicted octanol–water partition coefficient (Wildman–Crippen LogP) is 4.99. The fraction of sp³-hybridized carbons (Fsp3) is 0.481. The fourth-order valence-electron chi connectivity index (χ4n) is 4.46. The first kappa shape index (κ1) is 26.2. The molecule has 36 heavy (non-hydrogen) atoms. The van der Waals surface area contributed by atoms with Crippen LogP contribution in [-0.2, 0) is 16.3 Å². The van der Waals surface area contributed by atoms with Crippen molar-refractivity contribution in [2.45, 2.75) is 45.3 Å². The second kappa shape index (κ2) is 11.0. The number of amides is 1. The molecule has 1 aliphatic rings. The third-order valence-corrected chi connectivity index (χ3v) is 8.36. The molecule has 2 unspecified atom stereocenters. The van der Waals surface area contributed by atoms with E-state index < -0.39 is 8.07 Å². The van der Waals surface area contributed by atoms with Crippen molar-refractivity contribution in [2.75, 3.05) is 32.8 Å². The Bertz CT molecular complexity index is 1200. The van der Waals surface area contributed by atoms with E-state index in [1.165, 1.54) is 0 Å². The molecule has 4 rings (SSSR count). The van der Waals surface area contributed by atoms with Gasteiger partial charge in [-0.1, -0.05) is 25.7 Å². The lowest BCUT2D eigenvalue weighted by atomic mass is 10.0. The van der Waals surface area contributed by atoms with Crippen molar-refractivity contribution in [1.82, 2.24) is 9.55 Å². The summed E-state index contributed by atoms with van der Waals surface area (Å²) in [6.07, 6.45) is 3.48. The van der Waals surface area contributed by atoms with Crippen LogP contribution in [0.2, 0.25) is 25.7 Å². The van der Waals surface area contributed by atoms with Crippen LogP contribution >= 0.6 is 0 Å². The first-order chi connectivity index (χ1) is 17.3. The number of ether oxygens (including phenoxy) is 3. The average Bonchev–Trinajstić information content (AvgIpc) is 3.54. The van der Waals surface area contributed by atoms with Crippen LogP contribution in [0.15, 0.2) is 36.5 Å². The molecule has 1 saturated carbocycles. The maximum atomic E-state index is 12.7.